The molecule has 1 aliphatic rings. The van der Waals surface area contributed by atoms with Gasteiger partial charge in [-0.05, 0) is 24.3 Å². The average Bonchev–Trinajstić information content (AvgIpc) is 2.66. The number of anilines is 1. The Bertz CT molecular complexity index is 908. The molecule has 0 fully saturated rings. The molecule has 0 unspecified atom stereocenters. The normalized spacial score (nSPS) is 12.7. The fourth-order valence-electron chi connectivity index (χ4n) is 2.54. The Kier molecular flexibility index (Phi) is 5.11. The Morgan fingerprint density at radius 2 is 1.85 bits per heavy atom. The van der Waals surface area contributed by atoms with E-state index in [9.17, 15) is 24.5 Å². The van der Waals surface area contributed by atoms with Crippen LogP contribution in [0.2, 0.25) is 0 Å². The first-order chi connectivity index (χ1) is 12.9. The van der Waals surface area contributed by atoms with Crippen LogP contribution in [0.4, 0.5) is 11.4 Å². The second-order valence-electron chi connectivity index (χ2n) is 5.69. The summed E-state index contributed by atoms with van der Waals surface area (Å²) in [6.07, 6.45) is 0. The first kappa shape index (κ1) is 18.1. The molecule has 9 heteroatoms. The minimum Gasteiger partial charge on any atom is -0.456 e. The van der Waals surface area contributed by atoms with Gasteiger partial charge in [0.2, 0.25) is 0 Å². The lowest BCUT2D eigenvalue weighted by Gasteiger charge is -2.28. The van der Waals surface area contributed by atoms with E-state index in [1.165, 1.54) is 29.2 Å². The zero-order valence-corrected chi connectivity index (χ0v) is 14.0. The summed E-state index contributed by atoms with van der Waals surface area (Å²) in [4.78, 5) is 47.3. The highest BCUT2D eigenvalue weighted by Crippen LogP contribution is 2.31. The van der Waals surface area contributed by atoms with Crippen molar-refractivity contribution in [2.75, 3.05) is 24.6 Å². The lowest BCUT2D eigenvalue weighted by molar-refractivity contribution is -0.384. The number of nitro benzene ring substituents is 1. The van der Waals surface area contributed by atoms with Gasteiger partial charge in [-0.3, -0.25) is 19.7 Å². The summed E-state index contributed by atoms with van der Waals surface area (Å²) in [6, 6.07) is 11.8. The third kappa shape index (κ3) is 4.27. The van der Waals surface area contributed by atoms with E-state index in [1.54, 1.807) is 24.3 Å². The van der Waals surface area contributed by atoms with Crippen LogP contribution in [0, 0.1) is 10.1 Å². The molecular formula is C18H14N2O7. The van der Waals surface area contributed by atoms with Gasteiger partial charge >= 0.3 is 11.9 Å². The molecule has 3 rings (SSSR count). The van der Waals surface area contributed by atoms with Crippen LogP contribution in [0.1, 0.15) is 10.4 Å². The van der Waals surface area contributed by atoms with Gasteiger partial charge < -0.3 is 14.4 Å². The molecule has 1 heterocycles. The first-order valence-electron chi connectivity index (χ1n) is 7.92. The van der Waals surface area contributed by atoms with Gasteiger partial charge in [0.15, 0.2) is 18.1 Å². The molecule has 0 aliphatic carbocycles. The van der Waals surface area contributed by atoms with E-state index in [2.05, 4.69) is 0 Å². The maximum absolute atomic E-state index is 12.0. The highest BCUT2D eigenvalue weighted by Gasteiger charge is 2.26. The molecule has 0 N–H and O–H groups in total. The summed E-state index contributed by atoms with van der Waals surface area (Å²) in [5.41, 5.74) is 0.634. The number of benzene rings is 2. The number of ketones is 1. The number of carbonyl (C=O) groups excluding carboxylic acids is 3. The van der Waals surface area contributed by atoms with Gasteiger partial charge in [-0.2, -0.15) is 0 Å². The highest BCUT2D eigenvalue weighted by molar-refractivity contribution is 5.98. The van der Waals surface area contributed by atoms with Crippen LogP contribution in [0.3, 0.4) is 0 Å². The van der Waals surface area contributed by atoms with Crippen molar-refractivity contribution in [2.24, 2.45) is 0 Å². The Hall–Kier alpha value is -3.75. The molecule has 0 amide bonds. The highest BCUT2D eigenvalue weighted by atomic mass is 16.6. The Morgan fingerprint density at radius 3 is 2.56 bits per heavy atom. The second-order valence-corrected chi connectivity index (χ2v) is 5.69. The van der Waals surface area contributed by atoms with E-state index < -0.39 is 29.3 Å². The number of para-hydroxylation sites is 2. The van der Waals surface area contributed by atoms with Crippen molar-refractivity contribution >= 4 is 29.1 Å². The number of nitrogens with zero attached hydrogens (tertiary/aromatic N) is 2. The van der Waals surface area contributed by atoms with Crippen LogP contribution >= 0.6 is 0 Å². The summed E-state index contributed by atoms with van der Waals surface area (Å²) >= 11 is 0. The van der Waals surface area contributed by atoms with Crippen molar-refractivity contribution in [1.29, 1.82) is 0 Å². The van der Waals surface area contributed by atoms with Crippen LogP contribution in [-0.2, 0) is 14.3 Å². The van der Waals surface area contributed by atoms with Gasteiger partial charge in [0.1, 0.15) is 13.1 Å². The minimum atomic E-state index is -0.685. The van der Waals surface area contributed by atoms with E-state index >= 15 is 0 Å². The van der Waals surface area contributed by atoms with Crippen LogP contribution in [0.25, 0.3) is 0 Å². The number of fused-ring (bicyclic) bond motifs is 1. The maximum atomic E-state index is 12.0. The summed E-state index contributed by atoms with van der Waals surface area (Å²) < 4.78 is 10.1. The van der Waals surface area contributed by atoms with E-state index in [0.29, 0.717) is 11.4 Å². The van der Waals surface area contributed by atoms with Gasteiger partial charge in [0.05, 0.1) is 10.6 Å². The van der Waals surface area contributed by atoms with Crippen molar-refractivity contribution in [2.45, 2.75) is 0 Å². The molecule has 0 saturated carbocycles. The molecule has 0 bridgehead atoms. The summed E-state index contributed by atoms with van der Waals surface area (Å²) in [7, 11) is 0. The zero-order chi connectivity index (χ0) is 19.4. The predicted molar refractivity (Wildman–Crippen MR) is 92.7 cm³/mol. The van der Waals surface area contributed by atoms with Gasteiger partial charge in [0.25, 0.3) is 5.69 Å². The SMILES string of the molecule is O=C(CN1CC(=O)Oc2ccccc21)OCC(=O)c1ccc([N+](=O)[O-])cc1. The number of nitro groups is 1. The summed E-state index contributed by atoms with van der Waals surface area (Å²) in [6.45, 7) is -0.835. The number of hydrogen-bond donors (Lipinski definition) is 0. The van der Waals surface area contributed by atoms with Crippen molar-refractivity contribution in [1.82, 2.24) is 0 Å². The fourth-order valence-corrected chi connectivity index (χ4v) is 2.54. The second kappa shape index (κ2) is 7.65. The van der Waals surface area contributed by atoms with E-state index in [0.717, 1.165) is 0 Å². The van der Waals surface area contributed by atoms with Crippen molar-refractivity contribution < 1.29 is 28.8 Å². The molecule has 0 saturated heterocycles. The van der Waals surface area contributed by atoms with E-state index in [-0.39, 0.29) is 24.3 Å². The largest absolute Gasteiger partial charge is 0.456 e. The standard InChI is InChI=1S/C18H14N2O7/c21-15(12-5-7-13(8-6-12)20(24)25)11-26-17(22)9-19-10-18(23)27-16-4-2-1-3-14(16)19/h1-8H,9-11H2. The van der Waals surface area contributed by atoms with Crippen LogP contribution in [-0.4, -0.2) is 42.3 Å². The smallest absolute Gasteiger partial charge is 0.331 e. The molecule has 138 valence electrons. The van der Waals surface area contributed by atoms with Crippen molar-refractivity contribution in [3.05, 3.63) is 64.2 Å². The lowest BCUT2D eigenvalue weighted by atomic mass is 10.1. The summed E-state index contributed by atoms with van der Waals surface area (Å²) in [5, 5.41) is 10.6. The van der Waals surface area contributed by atoms with Crippen molar-refractivity contribution in [3.8, 4) is 5.75 Å². The molecule has 0 aromatic heterocycles. The molecule has 2 aromatic carbocycles. The number of esters is 2. The average molecular weight is 370 g/mol. The Balaban J connectivity index is 1.57. The molecule has 2 aromatic rings. The monoisotopic (exact) mass is 370 g/mol. The molecule has 9 nitrogen and oxygen atoms in total. The van der Waals surface area contributed by atoms with Crippen LogP contribution in [0.5, 0.6) is 5.75 Å². The molecular weight excluding hydrogens is 356 g/mol. The topological polar surface area (TPSA) is 116 Å². The maximum Gasteiger partial charge on any atom is 0.331 e. The third-order valence-electron chi connectivity index (χ3n) is 3.83. The first-order valence-corrected chi connectivity index (χ1v) is 7.92. The molecule has 0 atom stereocenters. The van der Waals surface area contributed by atoms with E-state index in [4.69, 9.17) is 9.47 Å². The van der Waals surface area contributed by atoms with Gasteiger partial charge in [0, 0.05) is 17.7 Å². The number of ether oxygens (including phenoxy) is 2. The number of non-ortho nitro benzene ring substituents is 1. The number of carbonyl (C=O) groups is 3. The van der Waals surface area contributed by atoms with E-state index in [1.807, 2.05) is 0 Å². The fraction of sp³-hybridized carbons (Fsp3) is 0.167. The zero-order valence-electron chi connectivity index (χ0n) is 14.0. The quantitative estimate of drug-likeness (QED) is 0.248. The third-order valence-corrected chi connectivity index (χ3v) is 3.83. The van der Waals surface area contributed by atoms with Crippen LogP contribution in [0.15, 0.2) is 48.5 Å². The predicted octanol–water partition coefficient (Wildman–Crippen LogP) is 1.75. The molecule has 27 heavy (non-hydrogen) atoms. The minimum absolute atomic E-state index is 0.109. The number of hydrogen-bond acceptors (Lipinski definition) is 8. The molecule has 1 aliphatic heterocycles. The molecule has 0 radical (unpaired) electrons. The van der Waals surface area contributed by atoms with Gasteiger partial charge in [-0.15, -0.1) is 0 Å². The molecule has 0 spiro atoms. The number of Topliss-reactive ketones (excluding diaryl/α,β-unsaturated/α-hetero) is 1. The summed E-state index contributed by atoms with van der Waals surface area (Å²) in [5.74, 6) is -1.32. The van der Waals surface area contributed by atoms with Crippen LogP contribution < -0.4 is 9.64 Å². The Labute approximate surface area is 153 Å². The Morgan fingerprint density at radius 1 is 1.15 bits per heavy atom. The lowest BCUT2D eigenvalue weighted by Crippen LogP contribution is -2.40. The van der Waals surface area contributed by atoms with Gasteiger partial charge in [-0.1, -0.05) is 12.1 Å². The van der Waals surface area contributed by atoms with Crippen molar-refractivity contribution in [3.63, 3.8) is 0 Å². The van der Waals surface area contributed by atoms with Gasteiger partial charge in [-0.25, -0.2) is 4.79 Å². The number of rotatable bonds is 6.